The van der Waals surface area contributed by atoms with Crippen molar-refractivity contribution in [1.82, 2.24) is 9.47 Å². The summed E-state index contributed by atoms with van der Waals surface area (Å²) in [5, 5.41) is 9.31. The van der Waals surface area contributed by atoms with Gasteiger partial charge in [0.25, 0.3) is 0 Å². The van der Waals surface area contributed by atoms with Crippen molar-refractivity contribution in [1.29, 1.82) is 5.26 Å². The minimum absolute atomic E-state index is 0.690. The van der Waals surface area contributed by atoms with Gasteiger partial charge in [0.1, 0.15) is 6.07 Å². The molecule has 1 heterocycles. The Hall–Kier alpha value is -2.83. The van der Waals surface area contributed by atoms with Crippen molar-refractivity contribution in [2.75, 3.05) is 7.05 Å². The molecule has 3 nitrogen and oxygen atoms in total. The Morgan fingerprint density at radius 1 is 0.913 bits per heavy atom. The van der Waals surface area contributed by atoms with Crippen LogP contribution in [0.2, 0.25) is 0 Å². The molecule has 0 unspecified atom stereocenters. The molecule has 0 aliphatic rings. The summed E-state index contributed by atoms with van der Waals surface area (Å²) in [6, 6.07) is 24.5. The second kappa shape index (κ2) is 6.95. The molecule has 0 radical (unpaired) electrons. The Labute approximate surface area is 137 Å². The molecule has 1 aromatic heterocycles. The van der Waals surface area contributed by atoms with Crippen molar-refractivity contribution in [3.63, 3.8) is 0 Å². The standard InChI is InChI=1S/C20H19N3/c1-22(15-17-8-3-2-4-9-17)16-19-11-7-13-23(19)20-12-6-5-10-18(20)14-21/h2-13H,15-16H2,1H3. The van der Waals surface area contributed by atoms with Crippen LogP contribution in [0.15, 0.2) is 72.9 Å². The monoisotopic (exact) mass is 301 g/mol. The van der Waals surface area contributed by atoms with E-state index in [1.165, 1.54) is 11.3 Å². The van der Waals surface area contributed by atoms with Crippen LogP contribution in [-0.4, -0.2) is 16.5 Å². The van der Waals surface area contributed by atoms with Gasteiger partial charge in [-0.1, -0.05) is 42.5 Å². The summed E-state index contributed by atoms with van der Waals surface area (Å²) < 4.78 is 2.10. The van der Waals surface area contributed by atoms with Crippen molar-refractivity contribution in [2.45, 2.75) is 13.1 Å². The zero-order valence-electron chi connectivity index (χ0n) is 13.2. The number of hydrogen-bond donors (Lipinski definition) is 0. The normalized spacial score (nSPS) is 10.7. The van der Waals surface area contributed by atoms with Gasteiger partial charge in [0.15, 0.2) is 0 Å². The number of hydrogen-bond acceptors (Lipinski definition) is 2. The molecular formula is C20H19N3. The van der Waals surface area contributed by atoms with Gasteiger partial charge in [-0.2, -0.15) is 5.26 Å². The lowest BCUT2D eigenvalue weighted by Crippen LogP contribution is -2.19. The molecule has 2 aromatic carbocycles. The second-order valence-corrected chi connectivity index (χ2v) is 5.66. The van der Waals surface area contributed by atoms with Crippen LogP contribution in [0.1, 0.15) is 16.8 Å². The number of nitriles is 1. The molecule has 0 fully saturated rings. The van der Waals surface area contributed by atoms with Crippen molar-refractivity contribution in [3.8, 4) is 11.8 Å². The zero-order valence-corrected chi connectivity index (χ0v) is 13.2. The van der Waals surface area contributed by atoms with Crippen LogP contribution in [0.5, 0.6) is 0 Å². The average molecular weight is 301 g/mol. The molecule has 3 rings (SSSR count). The van der Waals surface area contributed by atoms with Gasteiger partial charge in [0, 0.05) is 25.0 Å². The fourth-order valence-corrected chi connectivity index (χ4v) is 2.79. The molecule has 0 atom stereocenters. The largest absolute Gasteiger partial charge is 0.318 e. The molecular weight excluding hydrogens is 282 g/mol. The Balaban J connectivity index is 1.80. The van der Waals surface area contributed by atoms with E-state index >= 15 is 0 Å². The van der Waals surface area contributed by atoms with E-state index in [1.54, 1.807) is 0 Å². The first-order valence-corrected chi connectivity index (χ1v) is 7.66. The third kappa shape index (κ3) is 3.50. The maximum atomic E-state index is 9.31. The zero-order chi connectivity index (χ0) is 16.1. The van der Waals surface area contributed by atoms with Crippen LogP contribution in [0, 0.1) is 11.3 Å². The highest BCUT2D eigenvalue weighted by atomic mass is 15.1. The molecule has 0 saturated carbocycles. The molecule has 0 spiro atoms. The fraction of sp³-hybridized carbons (Fsp3) is 0.150. The Bertz CT molecular complexity index is 812. The van der Waals surface area contributed by atoms with Gasteiger partial charge < -0.3 is 4.57 Å². The minimum Gasteiger partial charge on any atom is -0.318 e. The summed E-state index contributed by atoms with van der Waals surface area (Å²) in [5.41, 5.74) is 4.09. The lowest BCUT2D eigenvalue weighted by Gasteiger charge is -2.19. The highest BCUT2D eigenvalue weighted by Gasteiger charge is 2.09. The molecule has 0 amide bonds. The van der Waals surface area contributed by atoms with Gasteiger partial charge in [0.05, 0.1) is 11.3 Å². The molecule has 23 heavy (non-hydrogen) atoms. The van der Waals surface area contributed by atoms with E-state index in [9.17, 15) is 5.26 Å². The van der Waals surface area contributed by atoms with E-state index in [0.29, 0.717) is 5.56 Å². The summed E-state index contributed by atoms with van der Waals surface area (Å²) in [6.07, 6.45) is 2.02. The van der Waals surface area contributed by atoms with Gasteiger partial charge in [-0.3, -0.25) is 4.90 Å². The maximum Gasteiger partial charge on any atom is 0.101 e. The first-order valence-electron chi connectivity index (χ1n) is 7.66. The number of benzene rings is 2. The lowest BCUT2D eigenvalue weighted by molar-refractivity contribution is 0.313. The van der Waals surface area contributed by atoms with Gasteiger partial charge >= 0.3 is 0 Å². The third-order valence-corrected chi connectivity index (χ3v) is 3.84. The SMILES string of the molecule is CN(Cc1ccccc1)Cc1cccn1-c1ccccc1C#N. The van der Waals surface area contributed by atoms with E-state index in [-0.39, 0.29) is 0 Å². The van der Waals surface area contributed by atoms with Gasteiger partial charge in [-0.25, -0.2) is 0 Å². The predicted molar refractivity (Wildman–Crippen MR) is 92.1 cm³/mol. The fourth-order valence-electron chi connectivity index (χ4n) is 2.79. The van der Waals surface area contributed by atoms with Gasteiger partial charge in [0.2, 0.25) is 0 Å². The van der Waals surface area contributed by atoms with Crippen molar-refractivity contribution in [2.24, 2.45) is 0 Å². The topological polar surface area (TPSA) is 32.0 Å². The first-order chi connectivity index (χ1) is 11.3. The van der Waals surface area contributed by atoms with E-state index < -0.39 is 0 Å². The summed E-state index contributed by atoms with van der Waals surface area (Å²) in [5.74, 6) is 0. The van der Waals surface area contributed by atoms with Gasteiger partial charge in [-0.05, 0) is 36.9 Å². The number of aromatic nitrogens is 1. The average Bonchev–Trinajstić information content (AvgIpc) is 3.03. The van der Waals surface area contributed by atoms with E-state index in [2.05, 4.69) is 52.9 Å². The Morgan fingerprint density at radius 2 is 1.65 bits per heavy atom. The number of nitrogens with zero attached hydrogens (tertiary/aromatic N) is 3. The molecule has 3 aromatic rings. The molecule has 3 heteroatoms. The van der Waals surface area contributed by atoms with Crippen LogP contribution < -0.4 is 0 Å². The third-order valence-electron chi connectivity index (χ3n) is 3.84. The lowest BCUT2D eigenvalue weighted by atomic mass is 10.2. The Morgan fingerprint density at radius 3 is 2.43 bits per heavy atom. The highest BCUT2D eigenvalue weighted by Crippen LogP contribution is 2.18. The summed E-state index contributed by atoms with van der Waals surface area (Å²) in [7, 11) is 2.11. The van der Waals surface area contributed by atoms with Crippen molar-refractivity contribution >= 4 is 0 Å². The molecule has 0 aliphatic heterocycles. The van der Waals surface area contributed by atoms with Crippen LogP contribution in [0.3, 0.4) is 0 Å². The molecule has 0 aliphatic carbocycles. The van der Waals surface area contributed by atoms with Crippen LogP contribution in [0.4, 0.5) is 0 Å². The van der Waals surface area contributed by atoms with Crippen molar-refractivity contribution in [3.05, 3.63) is 89.7 Å². The summed E-state index contributed by atoms with van der Waals surface area (Å²) >= 11 is 0. The number of rotatable bonds is 5. The smallest absolute Gasteiger partial charge is 0.101 e. The van der Waals surface area contributed by atoms with Crippen LogP contribution in [0.25, 0.3) is 5.69 Å². The quantitative estimate of drug-likeness (QED) is 0.714. The maximum absolute atomic E-state index is 9.31. The highest BCUT2D eigenvalue weighted by molar-refractivity contribution is 5.49. The second-order valence-electron chi connectivity index (χ2n) is 5.66. The van der Waals surface area contributed by atoms with Crippen LogP contribution >= 0.6 is 0 Å². The molecule has 114 valence electrons. The summed E-state index contributed by atoms with van der Waals surface area (Å²) in [4.78, 5) is 2.27. The number of para-hydroxylation sites is 1. The first kappa shape index (κ1) is 15.1. The van der Waals surface area contributed by atoms with E-state index in [0.717, 1.165) is 18.8 Å². The van der Waals surface area contributed by atoms with E-state index in [1.807, 2.05) is 42.6 Å². The van der Waals surface area contributed by atoms with Crippen molar-refractivity contribution < 1.29 is 0 Å². The molecule has 0 bridgehead atoms. The minimum atomic E-state index is 0.690. The van der Waals surface area contributed by atoms with Gasteiger partial charge in [-0.15, -0.1) is 0 Å². The predicted octanol–water partition coefficient (Wildman–Crippen LogP) is 3.98. The van der Waals surface area contributed by atoms with E-state index in [4.69, 9.17) is 0 Å². The molecule has 0 N–H and O–H groups in total. The summed E-state index contributed by atoms with van der Waals surface area (Å²) in [6.45, 7) is 1.72. The Kier molecular flexibility index (Phi) is 4.56. The van der Waals surface area contributed by atoms with Crippen LogP contribution in [-0.2, 0) is 13.1 Å². The molecule has 0 saturated heterocycles.